The molecule has 0 aromatic heterocycles. The molecule has 18 nitrogen and oxygen atoms in total. The predicted molar refractivity (Wildman–Crippen MR) is 319 cm³/mol. The molecule has 2 heterocycles. The van der Waals surface area contributed by atoms with Gasteiger partial charge in [0, 0.05) is 13.1 Å². The first kappa shape index (κ1) is 64.8. The fourth-order valence-corrected chi connectivity index (χ4v) is 11.6. The molecule has 0 aliphatic carbocycles. The van der Waals surface area contributed by atoms with Gasteiger partial charge in [-0.3, -0.25) is 20.2 Å². The maximum absolute atomic E-state index is 14.3. The Bertz CT molecular complexity index is 3240. The Morgan fingerprint density at radius 2 is 1.05 bits per heavy atom. The van der Waals surface area contributed by atoms with Crippen LogP contribution in [0.5, 0.6) is 11.5 Å². The summed E-state index contributed by atoms with van der Waals surface area (Å²) in [5.74, 6) is 0.366. The number of amides is 4. The number of aliphatic hydroxyl groups excluding tert-OH is 1. The summed E-state index contributed by atoms with van der Waals surface area (Å²) >= 11 is 0. The van der Waals surface area contributed by atoms with Crippen molar-refractivity contribution in [3.63, 3.8) is 0 Å². The van der Waals surface area contributed by atoms with Crippen LogP contribution in [0.15, 0.2) is 120 Å². The first-order chi connectivity index (χ1) is 38.2. The van der Waals surface area contributed by atoms with E-state index in [4.69, 9.17) is 23.4 Å². The molecule has 0 fully saturated rings. The Hall–Kier alpha value is -7.04. The zero-order valence-corrected chi connectivity index (χ0v) is 51.0. The number of sulfone groups is 2. The van der Waals surface area contributed by atoms with E-state index in [0.717, 1.165) is 27.8 Å². The molecule has 6 rings (SSSR count). The lowest BCUT2D eigenvalue weighted by molar-refractivity contribution is 0.0616. The van der Waals surface area contributed by atoms with Crippen molar-refractivity contribution >= 4 is 74.5 Å². The second-order valence-corrected chi connectivity index (χ2v) is 30.3. The minimum Gasteiger partial charge on any atom is -0.496 e. The zero-order chi connectivity index (χ0) is 60.0. The first-order valence-electron chi connectivity index (χ1n) is 26.6. The summed E-state index contributed by atoms with van der Waals surface area (Å²) in [4.78, 5) is 56.4. The van der Waals surface area contributed by atoms with Crippen LogP contribution < -0.4 is 20.1 Å². The molecule has 81 heavy (non-hydrogen) atoms. The normalized spacial score (nSPS) is 15.7. The van der Waals surface area contributed by atoms with Crippen LogP contribution in [0.1, 0.15) is 90.4 Å². The number of ether oxygens (including phenoxy) is 4. The van der Waals surface area contributed by atoms with E-state index in [0.29, 0.717) is 48.7 Å². The van der Waals surface area contributed by atoms with Crippen molar-refractivity contribution in [3.05, 3.63) is 144 Å². The quantitative estimate of drug-likeness (QED) is 0.0552. The van der Waals surface area contributed by atoms with Crippen molar-refractivity contribution in [1.29, 1.82) is 0 Å². The van der Waals surface area contributed by atoms with Crippen LogP contribution in [0.25, 0.3) is 11.1 Å². The summed E-state index contributed by atoms with van der Waals surface area (Å²) in [6.07, 6.45) is 6.21. The number of hydrogen-bond donors (Lipinski definition) is 3. The van der Waals surface area contributed by atoms with Crippen molar-refractivity contribution in [2.75, 3.05) is 75.9 Å². The van der Waals surface area contributed by atoms with E-state index in [1.165, 1.54) is 31.3 Å². The van der Waals surface area contributed by atoms with Crippen LogP contribution in [0, 0.1) is 13.8 Å². The maximum Gasteiger partial charge on any atom is 0.411 e. The van der Waals surface area contributed by atoms with E-state index in [-0.39, 0.29) is 81.5 Å². The zero-order valence-electron chi connectivity index (χ0n) is 48.3. The van der Waals surface area contributed by atoms with E-state index in [2.05, 4.69) is 57.7 Å². The molecule has 3 N–H and O–H groups in total. The minimum atomic E-state index is -3.31. The summed E-state index contributed by atoms with van der Waals surface area (Å²) in [6.45, 7) is 25.4. The molecule has 4 aromatic carbocycles. The summed E-state index contributed by atoms with van der Waals surface area (Å²) < 4.78 is 76.6. The number of nitrogens with zero attached hydrogens (tertiary/aromatic N) is 2. The molecule has 2 aliphatic heterocycles. The van der Waals surface area contributed by atoms with Crippen LogP contribution in [-0.4, -0.2) is 141 Å². The largest absolute Gasteiger partial charge is 0.496 e. The van der Waals surface area contributed by atoms with Gasteiger partial charge in [0.15, 0.2) is 28.0 Å². The number of aliphatic hydroxyl groups is 1. The number of aryl methyl sites for hydroxylation is 2. The average molecular weight is 1170 g/mol. The van der Waals surface area contributed by atoms with Crippen molar-refractivity contribution in [2.45, 2.75) is 101 Å². The molecule has 4 amide bonds. The number of rotatable bonds is 20. The topological polar surface area (TPSA) is 233 Å². The van der Waals surface area contributed by atoms with E-state index >= 15 is 0 Å². The molecular weight excluding hydrogens is 1090 g/mol. The molecule has 2 atom stereocenters. The molecule has 0 saturated carbocycles. The molecule has 21 heteroatoms. The highest BCUT2D eigenvalue weighted by molar-refractivity contribution is 7.91. The molecule has 0 unspecified atom stereocenters. The second-order valence-electron chi connectivity index (χ2n) is 21.0. The molecule has 0 saturated heterocycles. The molecule has 0 radical (unpaired) electrons. The highest BCUT2D eigenvalue weighted by Gasteiger charge is 2.40. The molecule has 2 aliphatic rings. The van der Waals surface area contributed by atoms with Crippen LogP contribution in [0.4, 0.5) is 21.0 Å². The van der Waals surface area contributed by atoms with Gasteiger partial charge in [0.25, 0.3) is 11.8 Å². The Balaban J connectivity index is 0.000000302. The van der Waals surface area contributed by atoms with E-state index < -0.39 is 52.1 Å². The molecule has 0 bridgehead atoms. The summed E-state index contributed by atoms with van der Waals surface area (Å²) in [5.41, 5.74) is 6.13. The van der Waals surface area contributed by atoms with Gasteiger partial charge in [-0.1, -0.05) is 96.3 Å². The van der Waals surface area contributed by atoms with E-state index in [9.17, 15) is 41.1 Å². The van der Waals surface area contributed by atoms with Gasteiger partial charge in [-0.25, -0.2) is 26.4 Å². The van der Waals surface area contributed by atoms with Gasteiger partial charge in [-0.15, -0.1) is 0 Å². The second kappa shape index (κ2) is 28.1. The van der Waals surface area contributed by atoms with Gasteiger partial charge >= 0.3 is 12.2 Å². The smallest absolute Gasteiger partial charge is 0.411 e. The van der Waals surface area contributed by atoms with Crippen molar-refractivity contribution < 1.29 is 64.5 Å². The third kappa shape index (κ3) is 16.3. The Kier molecular flexibility index (Phi) is 22.5. The lowest BCUT2D eigenvalue weighted by Crippen LogP contribution is -2.49. The van der Waals surface area contributed by atoms with Crippen molar-refractivity contribution in [1.82, 2.24) is 9.80 Å². The van der Waals surface area contributed by atoms with Crippen LogP contribution in [0.3, 0.4) is 0 Å². The number of carbonyl (C=O) groups is 4. The van der Waals surface area contributed by atoms with Gasteiger partial charge < -0.3 is 38.3 Å². The molecule has 438 valence electrons. The van der Waals surface area contributed by atoms with Crippen molar-refractivity contribution in [3.8, 4) is 11.5 Å². The monoisotopic (exact) mass is 1170 g/mol. The van der Waals surface area contributed by atoms with Crippen LogP contribution >= 0.6 is 0 Å². The van der Waals surface area contributed by atoms with Gasteiger partial charge in [-0.2, -0.15) is 0 Å². The Morgan fingerprint density at radius 1 is 0.667 bits per heavy atom. The highest BCUT2D eigenvalue weighted by atomic mass is 32.2. The third-order valence-corrected chi connectivity index (χ3v) is 22.6. The number of hydrogen-bond acceptors (Lipinski definition) is 14. The first-order valence-corrected chi connectivity index (χ1v) is 32.8. The fourth-order valence-electron chi connectivity index (χ4n) is 8.75. The van der Waals surface area contributed by atoms with E-state index in [1.54, 1.807) is 86.3 Å². The van der Waals surface area contributed by atoms with Gasteiger partial charge in [0.2, 0.25) is 0 Å². The summed E-state index contributed by atoms with van der Waals surface area (Å²) in [7, 11) is -5.76. The number of anilines is 2. The molecule has 4 aromatic rings. The number of nitrogens with one attached hydrogen (secondary N) is 2. The maximum atomic E-state index is 14.3. The van der Waals surface area contributed by atoms with Crippen molar-refractivity contribution in [2.24, 2.45) is 0 Å². The number of benzene rings is 4. The number of methoxy groups -OCH3 is 2. The van der Waals surface area contributed by atoms with Gasteiger partial charge in [0.1, 0.15) is 24.7 Å². The van der Waals surface area contributed by atoms with Gasteiger partial charge in [0.05, 0.1) is 83.3 Å². The van der Waals surface area contributed by atoms with Crippen LogP contribution in [0.2, 0.25) is 18.1 Å². The van der Waals surface area contributed by atoms with Crippen LogP contribution in [-0.2, 0) is 33.6 Å². The Labute approximate surface area is 478 Å². The highest BCUT2D eigenvalue weighted by Crippen LogP contribution is 2.39. The lowest BCUT2D eigenvalue weighted by Gasteiger charge is -2.41. The number of carbonyl (C=O) groups excluding carboxylic acids is 4. The summed E-state index contributed by atoms with van der Waals surface area (Å²) in [5, 5.41) is 15.4. The molecular formula is C60H78N4O14S2Si. The standard InChI is InChI=1S/C33H46N2O7SSi.C27H32N2O7S/c1-10-18-41-32(37)34-29-19-23(3)30(40-7)21-28(29)31(36)35-17-16-25(20-26(35)22-42-44(8,9)33(4,5)6)24-12-14-27(15-13-24)43(38,39)11-2;1-5-13-36-27(32)28-24-14-18(3)25(35-4)16-23(24)26(31)29-12-11-20(15-21(29)17-30)19-7-9-22(10-8-19)37(33,34)6-2/h10,12-16,19,21,26H,1,11,17-18,20,22H2,2-9H3,(H,34,37);5,7-11,14,16,21,30H,1,6,12-13,15,17H2,2-4H3,(H,28,32)/t26-;21-/m00/s1. The van der Waals surface area contributed by atoms with E-state index in [1.807, 2.05) is 31.2 Å². The predicted octanol–water partition coefficient (Wildman–Crippen LogP) is 10.7. The SMILES string of the molecule is C=CCOC(=O)Nc1cc(C)c(OC)cc1C(=O)N1CC=C(c2ccc(S(=O)(=O)CC)cc2)C[C@H]1CO.C=CCOC(=O)Nc1cc(C)c(OC)cc1C(=O)N1CC=C(c2ccc(S(=O)(=O)CC)cc2)C[C@H]1CO[Si](C)(C)C(C)(C)C. The van der Waals surface area contributed by atoms with Gasteiger partial charge in [-0.05, 0) is 127 Å². The fraction of sp³-hybridized carbons (Fsp3) is 0.400. The molecule has 0 spiro atoms. The summed E-state index contributed by atoms with van der Waals surface area (Å²) in [6, 6.07) is 19.2. The third-order valence-electron chi connectivity index (χ3n) is 14.6. The minimum absolute atomic E-state index is 0.0158. The Morgan fingerprint density at radius 3 is 1.40 bits per heavy atom. The average Bonchev–Trinajstić information content (AvgIpc) is 3.52. The lowest BCUT2D eigenvalue weighted by atomic mass is 9.93.